The van der Waals surface area contributed by atoms with Crippen LogP contribution in [-0.2, 0) is 13.1 Å². The van der Waals surface area contributed by atoms with Crippen LogP contribution >= 0.6 is 24.8 Å². The standard InChI is InChI=1S/C19H22FN5.2ClH/c1-2-25-16-7-3-6-15(20)19(16)23-18(25)13-24-10-9-22-12-17(24)14-5-4-8-21-11-14;;/h3-8,11,17,22H,2,9-10,12-13H2,1H3;2*1H. The van der Waals surface area contributed by atoms with E-state index in [0.29, 0.717) is 12.1 Å². The summed E-state index contributed by atoms with van der Waals surface area (Å²) in [6, 6.07) is 9.49. The molecule has 1 N–H and O–H groups in total. The van der Waals surface area contributed by atoms with Gasteiger partial charge in [0.1, 0.15) is 11.3 Å². The molecule has 3 aromatic rings. The summed E-state index contributed by atoms with van der Waals surface area (Å²) >= 11 is 0. The molecule has 27 heavy (non-hydrogen) atoms. The van der Waals surface area contributed by atoms with Crippen LogP contribution in [0.2, 0.25) is 0 Å². The van der Waals surface area contributed by atoms with Gasteiger partial charge in [0.2, 0.25) is 0 Å². The molecule has 0 bridgehead atoms. The highest BCUT2D eigenvalue weighted by Gasteiger charge is 2.26. The molecular weight excluding hydrogens is 388 g/mol. The first kappa shape index (κ1) is 21.6. The summed E-state index contributed by atoms with van der Waals surface area (Å²) in [4.78, 5) is 11.3. The number of hydrogen-bond donors (Lipinski definition) is 1. The Balaban J connectivity index is 0.00000131. The average Bonchev–Trinajstić information content (AvgIpc) is 3.01. The van der Waals surface area contributed by atoms with E-state index in [-0.39, 0.29) is 36.7 Å². The highest BCUT2D eigenvalue weighted by atomic mass is 35.5. The maximum atomic E-state index is 14.1. The zero-order valence-corrected chi connectivity index (χ0v) is 16.8. The molecule has 146 valence electrons. The lowest BCUT2D eigenvalue weighted by molar-refractivity contribution is 0.148. The molecule has 0 aliphatic carbocycles. The van der Waals surface area contributed by atoms with Crippen molar-refractivity contribution in [2.45, 2.75) is 26.1 Å². The number of nitrogens with zero attached hydrogens (tertiary/aromatic N) is 4. The minimum Gasteiger partial charge on any atom is -0.327 e. The Morgan fingerprint density at radius 2 is 2.07 bits per heavy atom. The van der Waals surface area contributed by atoms with Crippen LogP contribution in [0.4, 0.5) is 4.39 Å². The van der Waals surface area contributed by atoms with Crippen LogP contribution in [0, 0.1) is 5.82 Å². The summed E-state index contributed by atoms with van der Waals surface area (Å²) in [5, 5.41) is 3.46. The molecule has 0 spiro atoms. The fourth-order valence-electron chi connectivity index (χ4n) is 3.65. The molecule has 3 heterocycles. The molecule has 1 aromatic carbocycles. The molecule has 1 aliphatic heterocycles. The Kier molecular flexibility index (Phi) is 7.56. The van der Waals surface area contributed by atoms with Crippen molar-refractivity contribution >= 4 is 35.8 Å². The third kappa shape index (κ3) is 4.24. The molecule has 4 rings (SSSR count). The summed E-state index contributed by atoms with van der Waals surface area (Å²) < 4.78 is 16.2. The second-order valence-corrected chi connectivity index (χ2v) is 6.36. The monoisotopic (exact) mass is 411 g/mol. The third-order valence-corrected chi connectivity index (χ3v) is 4.89. The number of benzene rings is 1. The topological polar surface area (TPSA) is 46.0 Å². The van der Waals surface area contributed by atoms with Gasteiger partial charge in [-0.1, -0.05) is 12.1 Å². The van der Waals surface area contributed by atoms with E-state index < -0.39 is 0 Å². The lowest BCUT2D eigenvalue weighted by Crippen LogP contribution is -2.45. The van der Waals surface area contributed by atoms with Crippen LogP contribution in [-0.4, -0.2) is 39.1 Å². The molecule has 5 nitrogen and oxygen atoms in total. The molecule has 1 aliphatic rings. The second kappa shape index (κ2) is 9.46. The van der Waals surface area contributed by atoms with Gasteiger partial charge in [-0.05, 0) is 30.7 Å². The molecule has 0 saturated carbocycles. The van der Waals surface area contributed by atoms with Gasteiger partial charge in [0.15, 0.2) is 5.82 Å². The Morgan fingerprint density at radius 1 is 1.22 bits per heavy atom. The van der Waals surface area contributed by atoms with Crippen LogP contribution < -0.4 is 5.32 Å². The minimum atomic E-state index is -0.255. The predicted molar refractivity (Wildman–Crippen MR) is 110 cm³/mol. The smallest absolute Gasteiger partial charge is 0.151 e. The highest BCUT2D eigenvalue weighted by Crippen LogP contribution is 2.25. The summed E-state index contributed by atoms with van der Waals surface area (Å²) in [6.45, 7) is 6.30. The molecule has 1 unspecified atom stereocenters. The van der Waals surface area contributed by atoms with Gasteiger partial charge >= 0.3 is 0 Å². The lowest BCUT2D eigenvalue weighted by atomic mass is 10.1. The van der Waals surface area contributed by atoms with Crippen LogP contribution in [0.1, 0.15) is 24.4 Å². The molecule has 1 atom stereocenters. The van der Waals surface area contributed by atoms with Gasteiger partial charge in [0.05, 0.1) is 12.1 Å². The van der Waals surface area contributed by atoms with Crippen molar-refractivity contribution in [3.63, 3.8) is 0 Å². The Hall–Kier alpha value is -1.73. The largest absolute Gasteiger partial charge is 0.327 e. The molecule has 1 saturated heterocycles. The van der Waals surface area contributed by atoms with Crippen molar-refractivity contribution in [2.24, 2.45) is 0 Å². The number of piperazine rings is 1. The number of pyridine rings is 1. The van der Waals surface area contributed by atoms with Crippen LogP contribution in [0.5, 0.6) is 0 Å². The van der Waals surface area contributed by atoms with E-state index in [1.54, 1.807) is 12.3 Å². The second-order valence-electron chi connectivity index (χ2n) is 6.36. The van der Waals surface area contributed by atoms with Gasteiger partial charge < -0.3 is 9.88 Å². The van der Waals surface area contributed by atoms with E-state index >= 15 is 0 Å². The van der Waals surface area contributed by atoms with Gasteiger partial charge in [-0.3, -0.25) is 9.88 Å². The SMILES string of the molecule is CCn1c(CN2CCNCC2c2cccnc2)nc2c(F)cccc21.Cl.Cl. The number of rotatable bonds is 4. The number of fused-ring (bicyclic) bond motifs is 1. The van der Waals surface area contributed by atoms with Crippen LogP contribution in [0.15, 0.2) is 42.7 Å². The first-order chi connectivity index (χ1) is 12.3. The van der Waals surface area contributed by atoms with E-state index in [1.807, 2.05) is 18.3 Å². The van der Waals surface area contributed by atoms with Crippen molar-refractivity contribution in [1.82, 2.24) is 24.8 Å². The zero-order chi connectivity index (χ0) is 17.2. The van der Waals surface area contributed by atoms with E-state index in [0.717, 1.165) is 37.5 Å². The molecule has 0 amide bonds. The number of para-hydroxylation sites is 1. The quantitative estimate of drug-likeness (QED) is 0.712. The molecule has 0 radical (unpaired) electrons. The summed E-state index contributed by atoms with van der Waals surface area (Å²) in [6.07, 6.45) is 3.72. The Labute approximate surface area is 170 Å². The number of imidazole rings is 1. The number of aromatic nitrogens is 3. The van der Waals surface area contributed by atoms with Gasteiger partial charge in [-0.25, -0.2) is 9.37 Å². The van der Waals surface area contributed by atoms with Gasteiger partial charge in [0.25, 0.3) is 0 Å². The van der Waals surface area contributed by atoms with Crippen molar-refractivity contribution in [3.8, 4) is 0 Å². The fraction of sp³-hybridized carbons (Fsp3) is 0.368. The molecule has 1 fully saturated rings. The fourth-order valence-corrected chi connectivity index (χ4v) is 3.65. The Bertz CT molecular complexity index is 871. The van der Waals surface area contributed by atoms with E-state index in [1.165, 1.54) is 11.6 Å². The van der Waals surface area contributed by atoms with Crippen molar-refractivity contribution in [1.29, 1.82) is 0 Å². The number of hydrogen-bond acceptors (Lipinski definition) is 4. The molecule has 2 aromatic heterocycles. The number of halogens is 3. The van der Waals surface area contributed by atoms with Crippen LogP contribution in [0.3, 0.4) is 0 Å². The first-order valence-electron chi connectivity index (χ1n) is 8.76. The predicted octanol–water partition coefficient (Wildman–Crippen LogP) is 3.58. The lowest BCUT2D eigenvalue weighted by Gasteiger charge is -2.36. The van der Waals surface area contributed by atoms with Gasteiger partial charge in [-0.2, -0.15) is 0 Å². The van der Waals surface area contributed by atoms with Gasteiger partial charge in [0, 0.05) is 44.6 Å². The average molecular weight is 412 g/mol. The zero-order valence-electron chi connectivity index (χ0n) is 15.1. The molecule has 8 heteroatoms. The van der Waals surface area contributed by atoms with Crippen LogP contribution in [0.25, 0.3) is 11.0 Å². The van der Waals surface area contributed by atoms with Crippen molar-refractivity contribution in [2.75, 3.05) is 19.6 Å². The van der Waals surface area contributed by atoms with E-state index in [9.17, 15) is 4.39 Å². The van der Waals surface area contributed by atoms with Crippen molar-refractivity contribution in [3.05, 3.63) is 59.9 Å². The Morgan fingerprint density at radius 3 is 2.81 bits per heavy atom. The first-order valence-corrected chi connectivity index (χ1v) is 8.76. The number of nitrogens with one attached hydrogen (secondary N) is 1. The summed E-state index contributed by atoms with van der Waals surface area (Å²) in [7, 11) is 0. The van der Waals surface area contributed by atoms with E-state index in [4.69, 9.17) is 0 Å². The van der Waals surface area contributed by atoms with Crippen molar-refractivity contribution < 1.29 is 4.39 Å². The highest BCUT2D eigenvalue weighted by molar-refractivity contribution is 5.85. The maximum Gasteiger partial charge on any atom is 0.151 e. The molecular formula is C19H24Cl2FN5. The summed E-state index contributed by atoms with van der Waals surface area (Å²) in [5.41, 5.74) is 2.53. The van der Waals surface area contributed by atoms with Gasteiger partial charge in [-0.15, -0.1) is 24.8 Å². The third-order valence-electron chi connectivity index (χ3n) is 4.89. The summed E-state index contributed by atoms with van der Waals surface area (Å²) in [5.74, 6) is 0.661. The number of aryl methyl sites for hydroxylation is 1. The van der Waals surface area contributed by atoms with E-state index in [2.05, 4.69) is 37.7 Å². The minimum absolute atomic E-state index is 0. The normalized spacial score (nSPS) is 17.3. The maximum absolute atomic E-state index is 14.1.